The summed E-state index contributed by atoms with van der Waals surface area (Å²) in [7, 11) is 0. The zero-order chi connectivity index (χ0) is 20.9. The number of nitrogens with zero attached hydrogens (tertiary/aromatic N) is 4. The normalized spacial score (nSPS) is 12.0. The summed E-state index contributed by atoms with van der Waals surface area (Å²) in [5.41, 5.74) is 2.75. The van der Waals surface area contributed by atoms with Crippen molar-refractivity contribution in [3.05, 3.63) is 103 Å². The number of halogens is 1. The third-order valence-corrected chi connectivity index (χ3v) is 5.23. The van der Waals surface area contributed by atoms with Gasteiger partial charge < -0.3 is 4.42 Å². The lowest BCUT2D eigenvalue weighted by atomic mass is 10.2. The number of aromatic nitrogens is 1. The zero-order valence-corrected chi connectivity index (χ0v) is 17.1. The number of rotatable bonds is 6. The summed E-state index contributed by atoms with van der Waals surface area (Å²) >= 11 is 7.60. The first-order valence-electron chi connectivity index (χ1n) is 8.89. The van der Waals surface area contributed by atoms with Gasteiger partial charge in [-0.2, -0.15) is 5.10 Å². The Bertz CT molecular complexity index is 1270. The van der Waals surface area contributed by atoms with Crippen LogP contribution in [0, 0.1) is 10.1 Å². The van der Waals surface area contributed by atoms with Crippen molar-refractivity contribution < 1.29 is 9.34 Å². The van der Waals surface area contributed by atoms with Gasteiger partial charge in [-0.1, -0.05) is 54.1 Å². The van der Waals surface area contributed by atoms with Gasteiger partial charge in [-0.3, -0.25) is 15.1 Å². The lowest BCUT2D eigenvalue weighted by Gasteiger charge is -2.04. The molecule has 150 valence electrons. The number of thiazole rings is 1. The fourth-order valence-corrected chi connectivity index (χ4v) is 3.76. The summed E-state index contributed by atoms with van der Waals surface area (Å²) in [4.78, 5) is 15.6. The highest BCUT2D eigenvalue weighted by molar-refractivity contribution is 7.07. The van der Waals surface area contributed by atoms with E-state index < -0.39 is 4.92 Å². The molecule has 0 unspecified atom stereocenters. The quantitative estimate of drug-likeness (QED) is 0.231. The van der Waals surface area contributed by atoms with Gasteiger partial charge in [-0.05, 0) is 23.8 Å². The van der Waals surface area contributed by atoms with Gasteiger partial charge in [0.05, 0.1) is 24.5 Å². The number of nitro groups is 1. The van der Waals surface area contributed by atoms with Crippen LogP contribution >= 0.6 is 22.9 Å². The number of furan rings is 1. The first-order chi connectivity index (χ1) is 14.6. The van der Waals surface area contributed by atoms with Crippen LogP contribution in [0.1, 0.15) is 11.3 Å². The van der Waals surface area contributed by atoms with E-state index >= 15 is 0 Å². The van der Waals surface area contributed by atoms with Crippen LogP contribution in [-0.2, 0) is 6.54 Å². The molecule has 2 aromatic heterocycles. The van der Waals surface area contributed by atoms with Gasteiger partial charge in [0.15, 0.2) is 5.76 Å². The fraction of sp³-hybridized carbons (Fsp3) is 0.0476. The molecule has 0 spiro atoms. The van der Waals surface area contributed by atoms with Crippen molar-refractivity contribution >= 4 is 35.0 Å². The third kappa shape index (κ3) is 4.56. The van der Waals surface area contributed by atoms with Crippen molar-refractivity contribution in [2.24, 2.45) is 10.1 Å². The Morgan fingerprint density at radius 3 is 2.70 bits per heavy atom. The molecule has 2 heterocycles. The largest absolute Gasteiger partial charge is 0.433 e. The van der Waals surface area contributed by atoms with Crippen LogP contribution in [0.15, 0.2) is 86.6 Å². The molecule has 0 aliphatic carbocycles. The molecule has 4 rings (SSSR count). The van der Waals surface area contributed by atoms with E-state index in [1.165, 1.54) is 29.7 Å². The second kappa shape index (κ2) is 8.89. The third-order valence-electron chi connectivity index (χ3n) is 4.14. The van der Waals surface area contributed by atoms with E-state index in [1.54, 1.807) is 10.7 Å². The molecular weight excluding hydrogens is 424 g/mol. The van der Waals surface area contributed by atoms with Gasteiger partial charge >= 0.3 is 5.88 Å². The zero-order valence-electron chi connectivity index (χ0n) is 15.5. The van der Waals surface area contributed by atoms with Crippen molar-refractivity contribution in [1.29, 1.82) is 0 Å². The summed E-state index contributed by atoms with van der Waals surface area (Å²) in [5.74, 6) is -0.0673. The molecule has 0 radical (unpaired) electrons. The number of hydrogen-bond acceptors (Lipinski definition) is 6. The monoisotopic (exact) mass is 438 g/mol. The van der Waals surface area contributed by atoms with Crippen LogP contribution in [0.5, 0.6) is 0 Å². The maximum Gasteiger partial charge on any atom is 0.433 e. The average molecular weight is 439 g/mol. The predicted octanol–water partition coefficient (Wildman–Crippen LogP) is 5.35. The van der Waals surface area contributed by atoms with Crippen LogP contribution < -0.4 is 4.80 Å². The molecule has 0 atom stereocenters. The Balaban J connectivity index is 1.75. The Kier molecular flexibility index (Phi) is 5.87. The van der Waals surface area contributed by atoms with E-state index in [9.17, 15) is 10.1 Å². The summed E-state index contributed by atoms with van der Waals surface area (Å²) in [6.45, 7) is 0.498. The molecule has 0 bridgehead atoms. The lowest BCUT2D eigenvalue weighted by Crippen LogP contribution is -2.12. The van der Waals surface area contributed by atoms with Crippen molar-refractivity contribution in [1.82, 2.24) is 4.68 Å². The summed E-state index contributed by atoms with van der Waals surface area (Å²) in [6, 6.07) is 20.1. The molecular formula is C21H15ClN4O3S. The summed E-state index contributed by atoms with van der Waals surface area (Å²) < 4.78 is 6.84. The van der Waals surface area contributed by atoms with E-state index in [2.05, 4.69) is 10.1 Å². The van der Waals surface area contributed by atoms with E-state index in [0.29, 0.717) is 16.4 Å². The number of benzene rings is 2. The molecule has 0 fully saturated rings. The minimum absolute atomic E-state index is 0.270. The van der Waals surface area contributed by atoms with Crippen LogP contribution in [-0.4, -0.2) is 15.8 Å². The second-order valence-corrected chi connectivity index (χ2v) is 7.48. The maximum absolute atomic E-state index is 10.8. The van der Waals surface area contributed by atoms with Crippen LogP contribution in [0.3, 0.4) is 0 Å². The van der Waals surface area contributed by atoms with Crippen molar-refractivity contribution in [2.45, 2.75) is 6.54 Å². The van der Waals surface area contributed by atoms with Crippen molar-refractivity contribution in [3.8, 4) is 11.3 Å². The first kappa shape index (κ1) is 19.8. The number of hydrogen-bond donors (Lipinski definition) is 0. The van der Waals surface area contributed by atoms with Gasteiger partial charge in [0.1, 0.15) is 4.92 Å². The topological polar surface area (TPSA) is 85.9 Å². The molecule has 0 aliphatic heterocycles. The maximum atomic E-state index is 10.8. The molecule has 7 nitrogen and oxygen atoms in total. The Morgan fingerprint density at radius 2 is 1.97 bits per heavy atom. The Morgan fingerprint density at radius 1 is 1.13 bits per heavy atom. The van der Waals surface area contributed by atoms with Crippen molar-refractivity contribution in [3.63, 3.8) is 0 Å². The van der Waals surface area contributed by atoms with E-state index in [-0.39, 0.29) is 11.6 Å². The SMILES string of the molecule is O=[N+]([O-])c1ccc(C=Nn2c(-c3cccc(Cl)c3)csc2=NCc2ccccc2)o1. The highest BCUT2D eigenvalue weighted by Gasteiger charge is 2.12. The van der Waals surface area contributed by atoms with Crippen LogP contribution in [0.25, 0.3) is 11.3 Å². The van der Waals surface area contributed by atoms with Gasteiger partial charge in [-0.15, -0.1) is 11.3 Å². The van der Waals surface area contributed by atoms with E-state index in [0.717, 1.165) is 16.8 Å². The highest BCUT2D eigenvalue weighted by atomic mass is 35.5. The van der Waals surface area contributed by atoms with Crippen LogP contribution in [0.2, 0.25) is 5.02 Å². The minimum Gasteiger partial charge on any atom is -0.400 e. The van der Waals surface area contributed by atoms with Gasteiger partial charge in [-0.25, -0.2) is 4.68 Å². The predicted molar refractivity (Wildman–Crippen MR) is 117 cm³/mol. The molecule has 30 heavy (non-hydrogen) atoms. The molecule has 2 aromatic carbocycles. The lowest BCUT2D eigenvalue weighted by molar-refractivity contribution is -0.402. The molecule has 4 aromatic rings. The molecule has 0 N–H and O–H groups in total. The first-order valence-corrected chi connectivity index (χ1v) is 10.2. The molecule has 0 amide bonds. The van der Waals surface area contributed by atoms with Gasteiger partial charge in [0, 0.05) is 16.0 Å². The van der Waals surface area contributed by atoms with Crippen molar-refractivity contribution in [2.75, 3.05) is 0 Å². The minimum atomic E-state index is -0.590. The fourth-order valence-electron chi connectivity index (χ4n) is 2.73. The van der Waals surface area contributed by atoms with Gasteiger partial charge in [0.2, 0.25) is 4.80 Å². The molecule has 0 saturated heterocycles. The molecule has 0 saturated carbocycles. The van der Waals surface area contributed by atoms with E-state index in [1.807, 2.05) is 53.9 Å². The second-order valence-electron chi connectivity index (χ2n) is 6.21. The highest BCUT2D eigenvalue weighted by Crippen LogP contribution is 2.23. The van der Waals surface area contributed by atoms with Crippen LogP contribution in [0.4, 0.5) is 5.88 Å². The standard InChI is InChI=1S/C21H15ClN4O3S/c22-17-8-4-7-16(11-17)19-14-30-21(23-12-15-5-2-1-3-6-15)25(19)24-13-18-9-10-20(29-18)26(27)28/h1-11,13-14H,12H2. The molecule has 9 heteroatoms. The summed E-state index contributed by atoms with van der Waals surface area (Å²) in [5, 5.41) is 17.9. The van der Waals surface area contributed by atoms with E-state index in [4.69, 9.17) is 16.0 Å². The smallest absolute Gasteiger partial charge is 0.400 e. The molecule has 0 aliphatic rings. The summed E-state index contributed by atoms with van der Waals surface area (Å²) in [6.07, 6.45) is 1.43. The Labute approximate surface area is 180 Å². The average Bonchev–Trinajstić information content (AvgIpc) is 3.38. The van der Waals surface area contributed by atoms with Gasteiger partial charge in [0.25, 0.3) is 0 Å². The Hall–Kier alpha value is -3.49.